The summed E-state index contributed by atoms with van der Waals surface area (Å²) in [4.78, 5) is 3.89. The van der Waals surface area contributed by atoms with Gasteiger partial charge in [-0.15, -0.1) is 0 Å². The van der Waals surface area contributed by atoms with Crippen molar-refractivity contribution in [2.75, 3.05) is 0 Å². The van der Waals surface area contributed by atoms with Gasteiger partial charge in [0.2, 0.25) is 0 Å². The zero-order valence-corrected chi connectivity index (χ0v) is 11.4. The summed E-state index contributed by atoms with van der Waals surface area (Å²) < 4.78 is 13.2. The van der Waals surface area contributed by atoms with Crippen LogP contribution in [0.5, 0.6) is 0 Å². The Balaban J connectivity index is 1.74. The molecule has 1 aliphatic carbocycles. The highest BCUT2D eigenvalue weighted by atomic mass is 19.1. The first kappa shape index (κ1) is 13.2. The van der Waals surface area contributed by atoms with E-state index in [1.807, 2.05) is 19.1 Å². The Hall–Kier alpha value is -1.78. The number of benzene rings is 1. The Bertz CT molecular complexity index is 614. The molecule has 3 rings (SSSR count). The van der Waals surface area contributed by atoms with Gasteiger partial charge >= 0.3 is 0 Å². The third kappa shape index (κ3) is 2.44. The largest absolute Gasteiger partial charge is 0.323 e. The first-order valence-electron chi connectivity index (χ1n) is 6.85. The monoisotopic (exact) mass is 271 g/mol. The van der Waals surface area contributed by atoms with E-state index in [2.05, 4.69) is 22.4 Å². The lowest BCUT2D eigenvalue weighted by Gasteiger charge is -2.23. The minimum atomic E-state index is -0.310. The SMILES string of the molecule is CC(N[C@@H]1Cc2ccccc2[C@H]1N)c1cncc(F)c1. The predicted molar refractivity (Wildman–Crippen MR) is 76.6 cm³/mol. The number of nitrogens with two attached hydrogens (primary N) is 1. The van der Waals surface area contributed by atoms with E-state index in [1.165, 1.54) is 23.4 Å². The van der Waals surface area contributed by atoms with E-state index in [9.17, 15) is 4.39 Å². The number of fused-ring (bicyclic) bond motifs is 1. The minimum absolute atomic E-state index is 0.0172. The van der Waals surface area contributed by atoms with Gasteiger partial charge in [0.05, 0.1) is 6.20 Å². The molecule has 0 saturated carbocycles. The van der Waals surface area contributed by atoms with Gasteiger partial charge in [-0.2, -0.15) is 0 Å². The van der Waals surface area contributed by atoms with Gasteiger partial charge in [-0.25, -0.2) is 4.39 Å². The van der Waals surface area contributed by atoms with Gasteiger partial charge < -0.3 is 11.1 Å². The number of hydrogen-bond acceptors (Lipinski definition) is 3. The van der Waals surface area contributed by atoms with Crippen molar-refractivity contribution < 1.29 is 4.39 Å². The standard InChI is InChI=1S/C16H18FN3/c1-10(12-6-13(17)9-19-8-12)20-15-7-11-4-2-3-5-14(11)16(15)18/h2-6,8-10,15-16,20H,7,18H2,1H3/t10?,15-,16-/m1/s1. The Morgan fingerprint density at radius 2 is 2.15 bits per heavy atom. The van der Waals surface area contributed by atoms with Crippen LogP contribution in [0.15, 0.2) is 42.7 Å². The van der Waals surface area contributed by atoms with E-state index in [-0.39, 0.29) is 23.9 Å². The fourth-order valence-electron chi connectivity index (χ4n) is 2.87. The molecule has 0 spiro atoms. The number of pyridine rings is 1. The van der Waals surface area contributed by atoms with Crippen molar-refractivity contribution in [3.05, 3.63) is 65.2 Å². The van der Waals surface area contributed by atoms with Crippen LogP contribution in [0.25, 0.3) is 0 Å². The lowest BCUT2D eigenvalue weighted by molar-refractivity contribution is 0.416. The van der Waals surface area contributed by atoms with Crippen molar-refractivity contribution in [1.82, 2.24) is 10.3 Å². The first-order chi connectivity index (χ1) is 9.65. The summed E-state index contributed by atoms with van der Waals surface area (Å²) in [6.45, 7) is 2.01. The maximum Gasteiger partial charge on any atom is 0.141 e. The van der Waals surface area contributed by atoms with Gasteiger partial charge in [-0.1, -0.05) is 24.3 Å². The van der Waals surface area contributed by atoms with Crippen molar-refractivity contribution in [1.29, 1.82) is 0 Å². The van der Waals surface area contributed by atoms with Crippen LogP contribution in [-0.2, 0) is 6.42 Å². The van der Waals surface area contributed by atoms with Crippen LogP contribution in [0.3, 0.4) is 0 Å². The number of rotatable bonds is 3. The fourth-order valence-corrected chi connectivity index (χ4v) is 2.87. The maximum absolute atomic E-state index is 13.2. The molecule has 20 heavy (non-hydrogen) atoms. The molecule has 0 radical (unpaired) electrons. The molecule has 1 aromatic carbocycles. The molecule has 0 amide bonds. The topological polar surface area (TPSA) is 50.9 Å². The molecule has 1 unspecified atom stereocenters. The average Bonchev–Trinajstić information content (AvgIpc) is 2.76. The number of halogens is 1. The molecule has 0 fully saturated rings. The summed E-state index contributed by atoms with van der Waals surface area (Å²) in [6.07, 6.45) is 3.81. The molecule has 0 saturated heterocycles. The van der Waals surface area contributed by atoms with Crippen LogP contribution in [0.2, 0.25) is 0 Å². The third-order valence-corrected chi connectivity index (χ3v) is 3.98. The van der Waals surface area contributed by atoms with E-state index in [0.717, 1.165) is 12.0 Å². The van der Waals surface area contributed by atoms with Gasteiger partial charge in [-0.05, 0) is 36.1 Å². The van der Waals surface area contributed by atoms with Crippen LogP contribution in [-0.4, -0.2) is 11.0 Å². The second-order valence-electron chi connectivity index (χ2n) is 5.36. The molecule has 3 atom stereocenters. The first-order valence-corrected chi connectivity index (χ1v) is 6.85. The van der Waals surface area contributed by atoms with Gasteiger partial charge in [-0.3, -0.25) is 4.98 Å². The van der Waals surface area contributed by atoms with Crippen molar-refractivity contribution in [2.45, 2.75) is 31.5 Å². The van der Waals surface area contributed by atoms with E-state index < -0.39 is 0 Å². The molecular formula is C16H18FN3. The smallest absolute Gasteiger partial charge is 0.141 e. The zero-order valence-electron chi connectivity index (χ0n) is 11.4. The second kappa shape index (κ2) is 5.31. The Morgan fingerprint density at radius 1 is 1.35 bits per heavy atom. The summed E-state index contributed by atoms with van der Waals surface area (Å²) in [6, 6.07) is 9.93. The highest BCUT2D eigenvalue weighted by Crippen LogP contribution is 2.30. The predicted octanol–water partition coefficient (Wildman–Crippen LogP) is 2.50. The number of hydrogen-bond donors (Lipinski definition) is 2. The third-order valence-electron chi connectivity index (χ3n) is 3.98. The quantitative estimate of drug-likeness (QED) is 0.901. The molecule has 104 valence electrons. The average molecular weight is 271 g/mol. The Labute approximate surface area is 118 Å². The number of aromatic nitrogens is 1. The van der Waals surface area contributed by atoms with E-state index in [1.54, 1.807) is 6.20 Å². The molecule has 3 nitrogen and oxygen atoms in total. The molecule has 0 bridgehead atoms. The van der Waals surface area contributed by atoms with Gasteiger partial charge in [0.15, 0.2) is 0 Å². The van der Waals surface area contributed by atoms with Gasteiger partial charge in [0.1, 0.15) is 5.82 Å². The molecule has 0 aliphatic heterocycles. The maximum atomic E-state index is 13.2. The fraction of sp³-hybridized carbons (Fsp3) is 0.312. The molecule has 2 aromatic rings. The normalized spacial score (nSPS) is 22.6. The van der Waals surface area contributed by atoms with Crippen LogP contribution in [0.4, 0.5) is 4.39 Å². The van der Waals surface area contributed by atoms with E-state index >= 15 is 0 Å². The van der Waals surface area contributed by atoms with Gasteiger partial charge in [0, 0.05) is 24.3 Å². The van der Waals surface area contributed by atoms with Crippen LogP contribution < -0.4 is 11.1 Å². The van der Waals surface area contributed by atoms with E-state index in [0.29, 0.717) is 0 Å². The van der Waals surface area contributed by atoms with Crippen molar-refractivity contribution >= 4 is 0 Å². The summed E-state index contributed by atoms with van der Waals surface area (Å²) >= 11 is 0. The van der Waals surface area contributed by atoms with Crippen LogP contribution in [0.1, 0.15) is 35.7 Å². The summed E-state index contributed by atoms with van der Waals surface area (Å²) in [5.74, 6) is -0.310. The van der Waals surface area contributed by atoms with Crippen molar-refractivity contribution in [3.8, 4) is 0 Å². The molecule has 1 aromatic heterocycles. The van der Waals surface area contributed by atoms with Crippen LogP contribution >= 0.6 is 0 Å². The van der Waals surface area contributed by atoms with E-state index in [4.69, 9.17) is 5.73 Å². The Morgan fingerprint density at radius 3 is 2.90 bits per heavy atom. The molecule has 4 heteroatoms. The summed E-state index contributed by atoms with van der Waals surface area (Å²) in [5.41, 5.74) is 9.63. The number of nitrogens with one attached hydrogen (secondary N) is 1. The number of nitrogens with zero attached hydrogens (tertiary/aromatic N) is 1. The molecule has 1 aliphatic rings. The van der Waals surface area contributed by atoms with Crippen molar-refractivity contribution in [3.63, 3.8) is 0 Å². The lowest BCUT2D eigenvalue weighted by atomic mass is 10.1. The van der Waals surface area contributed by atoms with Crippen LogP contribution in [0, 0.1) is 5.82 Å². The molecule has 3 N–H and O–H groups in total. The minimum Gasteiger partial charge on any atom is -0.323 e. The zero-order chi connectivity index (χ0) is 14.1. The lowest BCUT2D eigenvalue weighted by Crippen LogP contribution is -2.38. The summed E-state index contributed by atoms with van der Waals surface area (Å²) in [5, 5.41) is 3.49. The molecular weight excluding hydrogens is 253 g/mol. The highest BCUT2D eigenvalue weighted by Gasteiger charge is 2.30. The molecule has 1 heterocycles. The Kier molecular flexibility index (Phi) is 3.51. The summed E-state index contributed by atoms with van der Waals surface area (Å²) in [7, 11) is 0. The van der Waals surface area contributed by atoms with Gasteiger partial charge in [0.25, 0.3) is 0 Å². The highest BCUT2D eigenvalue weighted by molar-refractivity contribution is 5.37. The van der Waals surface area contributed by atoms with Crippen molar-refractivity contribution in [2.24, 2.45) is 5.73 Å². The second-order valence-corrected chi connectivity index (χ2v) is 5.36.